The molecule has 1 saturated heterocycles. The molecule has 1 aliphatic rings. The molecule has 1 aromatic rings. The number of hydrogen-bond donors (Lipinski definition) is 1. The van der Waals surface area contributed by atoms with Crippen LogP contribution in [0.3, 0.4) is 0 Å². The minimum atomic E-state index is 0.0702. The van der Waals surface area contributed by atoms with Crippen LogP contribution >= 0.6 is 15.9 Å². The lowest BCUT2D eigenvalue weighted by molar-refractivity contribution is -0.0244. The van der Waals surface area contributed by atoms with Crippen LogP contribution in [0.4, 0.5) is 0 Å². The number of benzene rings is 1. The fraction of sp³-hybridized carbons (Fsp3) is 0.667. The summed E-state index contributed by atoms with van der Waals surface area (Å²) in [6.07, 6.45) is 5.06. The molecule has 1 fully saturated rings. The largest absolute Gasteiger partial charge is 0.372 e. The molecule has 0 amide bonds. The van der Waals surface area contributed by atoms with Crippen molar-refractivity contribution < 1.29 is 4.74 Å². The van der Waals surface area contributed by atoms with E-state index in [1.54, 1.807) is 0 Å². The highest BCUT2D eigenvalue weighted by Gasteiger charge is 2.32. The van der Waals surface area contributed by atoms with Crippen molar-refractivity contribution in [1.82, 2.24) is 5.32 Å². The number of rotatable bonds is 7. The van der Waals surface area contributed by atoms with Gasteiger partial charge in [-0.3, -0.25) is 0 Å². The Kier molecular flexibility index (Phi) is 6.27. The standard InChI is InChI=1S/C18H28BrNO/c1-4-20-13-14(11-15-7-5-6-8-17(15)19)12-16-9-10-18(2,3)21-16/h5-8,14,16,20H,4,9-13H2,1-3H3. The van der Waals surface area contributed by atoms with Crippen LogP contribution < -0.4 is 5.32 Å². The van der Waals surface area contributed by atoms with E-state index in [1.807, 2.05) is 0 Å². The normalized spacial score (nSPS) is 22.4. The Labute approximate surface area is 137 Å². The number of hydrogen-bond acceptors (Lipinski definition) is 2. The average molecular weight is 354 g/mol. The van der Waals surface area contributed by atoms with Crippen LogP contribution in [0, 0.1) is 5.92 Å². The summed E-state index contributed by atoms with van der Waals surface area (Å²) in [4.78, 5) is 0. The maximum absolute atomic E-state index is 6.19. The van der Waals surface area contributed by atoms with E-state index in [4.69, 9.17) is 4.74 Å². The Bertz CT molecular complexity index is 447. The molecule has 0 bridgehead atoms. The third-order valence-electron chi connectivity index (χ3n) is 4.30. The first-order valence-electron chi connectivity index (χ1n) is 8.12. The second-order valence-corrected chi connectivity index (χ2v) is 7.60. The highest BCUT2D eigenvalue weighted by atomic mass is 79.9. The van der Waals surface area contributed by atoms with Crippen molar-refractivity contribution in [3.8, 4) is 0 Å². The van der Waals surface area contributed by atoms with Gasteiger partial charge in [-0.15, -0.1) is 0 Å². The molecule has 0 radical (unpaired) electrons. The molecule has 3 heteroatoms. The Balaban J connectivity index is 1.96. The summed E-state index contributed by atoms with van der Waals surface area (Å²) in [7, 11) is 0. The molecular weight excluding hydrogens is 326 g/mol. The van der Waals surface area contributed by atoms with Gasteiger partial charge in [-0.2, -0.15) is 0 Å². The van der Waals surface area contributed by atoms with Crippen molar-refractivity contribution in [1.29, 1.82) is 0 Å². The zero-order valence-electron chi connectivity index (χ0n) is 13.5. The van der Waals surface area contributed by atoms with Gasteiger partial charge in [0.1, 0.15) is 0 Å². The second kappa shape index (κ2) is 7.75. The van der Waals surface area contributed by atoms with Crippen molar-refractivity contribution in [3.05, 3.63) is 34.3 Å². The number of halogens is 1. The van der Waals surface area contributed by atoms with E-state index in [9.17, 15) is 0 Å². The lowest BCUT2D eigenvalue weighted by Crippen LogP contribution is -2.28. The highest BCUT2D eigenvalue weighted by molar-refractivity contribution is 9.10. The van der Waals surface area contributed by atoms with Gasteiger partial charge < -0.3 is 10.1 Å². The molecule has 2 rings (SSSR count). The average Bonchev–Trinajstić information content (AvgIpc) is 2.77. The van der Waals surface area contributed by atoms with Crippen LogP contribution in [0.1, 0.15) is 45.6 Å². The Morgan fingerprint density at radius 2 is 2.14 bits per heavy atom. The van der Waals surface area contributed by atoms with E-state index >= 15 is 0 Å². The van der Waals surface area contributed by atoms with Gasteiger partial charge in [-0.1, -0.05) is 41.1 Å². The van der Waals surface area contributed by atoms with Crippen LogP contribution in [0.5, 0.6) is 0 Å². The van der Waals surface area contributed by atoms with Crippen LogP contribution in [-0.4, -0.2) is 24.8 Å². The number of nitrogens with one attached hydrogen (secondary N) is 1. The highest BCUT2D eigenvalue weighted by Crippen LogP contribution is 2.33. The van der Waals surface area contributed by atoms with Crippen molar-refractivity contribution in [2.45, 2.75) is 58.2 Å². The van der Waals surface area contributed by atoms with E-state index < -0.39 is 0 Å². The van der Waals surface area contributed by atoms with Crippen molar-refractivity contribution >= 4 is 15.9 Å². The lowest BCUT2D eigenvalue weighted by Gasteiger charge is -2.24. The topological polar surface area (TPSA) is 21.3 Å². The summed E-state index contributed by atoms with van der Waals surface area (Å²) in [6, 6.07) is 8.56. The van der Waals surface area contributed by atoms with Crippen LogP contribution in [0.25, 0.3) is 0 Å². The summed E-state index contributed by atoms with van der Waals surface area (Å²) >= 11 is 3.67. The minimum absolute atomic E-state index is 0.0702. The fourth-order valence-electron chi connectivity index (χ4n) is 3.18. The number of ether oxygens (including phenoxy) is 1. The quantitative estimate of drug-likeness (QED) is 0.775. The second-order valence-electron chi connectivity index (χ2n) is 6.74. The van der Waals surface area contributed by atoms with Crippen molar-refractivity contribution in [2.24, 2.45) is 5.92 Å². The molecular formula is C18H28BrNO. The van der Waals surface area contributed by atoms with E-state index in [0.29, 0.717) is 12.0 Å². The first kappa shape index (κ1) is 17.0. The van der Waals surface area contributed by atoms with E-state index in [1.165, 1.54) is 22.9 Å². The molecule has 0 spiro atoms. The summed E-state index contributed by atoms with van der Waals surface area (Å²) in [5.41, 5.74) is 1.47. The van der Waals surface area contributed by atoms with Gasteiger partial charge in [0.25, 0.3) is 0 Å². The summed E-state index contributed by atoms with van der Waals surface area (Å²) < 4.78 is 7.41. The predicted molar refractivity (Wildman–Crippen MR) is 92.7 cm³/mol. The van der Waals surface area contributed by atoms with Crippen LogP contribution in [-0.2, 0) is 11.2 Å². The van der Waals surface area contributed by atoms with Crippen LogP contribution in [0.15, 0.2) is 28.7 Å². The molecule has 21 heavy (non-hydrogen) atoms. The zero-order valence-corrected chi connectivity index (χ0v) is 15.1. The minimum Gasteiger partial charge on any atom is -0.372 e. The first-order valence-corrected chi connectivity index (χ1v) is 8.91. The third-order valence-corrected chi connectivity index (χ3v) is 5.07. The van der Waals surface area contributed by atoms with Gasteiger partial charge in [0, 0.05) is 4.47 Å². The van der Waals surface area contributed by atoms with E-state index in [-0.39, 0.29) is 5.60 Å². The molecule has 118 valence electrons. The SMILES string of the molecule is CCNCC(Cc1ccccc1Br)CC1CCC(C)(C)O1. The molecule has 1 heterocycles. The maximum Gasteiger partial charge on any atom is 0.0631 e. The smallest absolute Gasteiger partial charge is 0.0631 e. The molecule has 1 aromatic carbocycles. The first-order chi connectivity index (χ1) is 10.00. The molecule has 1 aliphatic heterocycles. The summed E-state index contributed by atoms with van der Waals surface area (Å²) in [5, 5.41) is 3.51. The van der Waals surface area contributed by atoms with Crippen molar-refractivity contribution in [2.75, 3.05) is 13.1 Å². The predicted octanol–water partition coefficient (Wildman–Crippen LogP) is 4.57. The Hall–Kier alpha value is -0.380. The van der Waals surface area contributed by atoms with Gasteiger partial charge in [0.2, 0.25) is 0 Å². The Morgan fingerprint density at radius 1 is 1.38 bits per heavy atom. The van der Waals surface area contributed by atoms with Gasteiger partial charge in [0.05, 0.1) is 11.7 Å². The van der Waals surface area contributed by atoms with Gasteiger partial charge in [0.15, 0.2) is 0 Å². The molecule has 1 N–H and O–H groups in total. The van der Waals surface area contributed by atoms with E-state index in [2.05, 4.69) is 66.3 Å². The van der Waals surface area contributed by atoms with Gasteiger partial charge >= 0.3 is 0 Å². The molecule has 2 nitrogen and oxygen atoms in total. The molecule has 2 atom stereocenters. The maximum atomic E-state index is 6.19. The molecule has 0 saturated carbocycles. The zero-order chi connectivity index (χ0) is 15.3. The van der Waals surface area contributed by atoms with E-state index in [0.717, 1.165) is 25.9 Å². The molecule has 2 unspecified atom stereocenters. The fourth-order valence-corrected chi connectivity index (χ4v) is 3.62. The van der Waals surface area contributed by atoms with Crippen LogP contribution in [0.2, 0.25) is 0 Å². The van der Waals surface area contributed by atoms with Crippen molar-refractivity contribution in [3.63, 3.8) is 0 Å². The Morgan fingerprint density at radius 3 is 2.76 bits per heavy atom. The van der Waals surface area contributed by atoms with Gasteiger partial charge in [-0.05, 0) is 70.2 Å². The molecule has 0 aliphatic carbocycles. The van der Waals surface area contributed by atoms with Gasteiger partial charge in [-0.25, -0.2) is 0 Å². The summed E-state index contributed by atoms with van der Waals surface area (Å²) in [5.74, 6) is 0.627. The third kappa shape index (κ3) is 5.39. The summed E-state index contributed by atoms with van der Waals surface area (Å²) in [6.45, 7) is 8.69. The molecule has 0 aromatic heterocycles. The lowest BCUT2D eigenvalue weighted by atomic mass is 9.92. The monoisotopic (exact) mass is 353 g/mol.